The van der Waals surface area contributed by atoms with Crippen LogP contribution in [0.4, 0.5) is 0 Å². The summed E-state index contributed by atoms with van der Waals surface area (Å²) in [5, 5.41) is 0. The van der Waals surface area contributed by atoms with Crippen LogP contribution in [-0.4, -0.2) is 14.7 Å². The highest BCUT2D eigenvalue weighted by molar-refractivity contribution is 7.99. The molecule has 1 aliphatic rings. The lowest BCUT2D eigenvalue weighted by atomic mass is 10.0. The summed E-state index contributed by atoms with van der Waals surface area (Å²) < 4.78 is 1.79. The van der Waals surface area contributed by atoms with Gasteiger partial charge in [-0.1, -0.05) is 24.9 Å². The molecule has 2 heterocycles. The Morgan fingerprint density at radius 1 is 1.41 bits per heavy atom. The van der Waals surface area contributed by atoms with Gasteiger partial charge >= 0.3 is 0 Å². The maximum absolute atomic E-state index is 4.33. The predicted octanol–water partition coefficient (Wildman–Crippen LogP) is 3.21. The molecule has 88 valence electrons. The van der Waals surface area contributed by atoms with E-state index in [1.165, 1.54) is 34.6 Å². The van der Waals surface area contributed by atoms with Crippen molar-refractivity contribution in [3.05, 3.63) is 47.5 Å². The predicted molar refractivity (Wildman–Crippen MR) is 74.9 cm³/mol. The van der Waals surface area contributed by atoms with E-state index in [4.69, 9.17) is 0 Å². The molecule has 0 spiro atoms. The number of fused-ring (bicyclic) bond motifs is 1. The monoisotopic (exact) mass is 262 g/mol. The quantitative estimate of drug-likeness (QED) is 0.838. The number of thioether (sulfide) groups is 1. The average Bonchev–Trinajstić information content (AvgIpc) is 2.75. The van der Waals surface area contributed by atoms with Crippen molar-refractivity contribution in [1.29, 1.82) is 0 Å². The van der Waals surface area contributed by atoms with Crippen molar-refractivity contribution in [3.63, 3.8) is 0 Å². The summed E-state index contributed by atoms with van der Waals surface area (Å²) in [4.78, 5) is 5.55. The first-order valence-corrected chi connectivity index (χ1v) is 7.16. The van der Waals surface area contributed by atoms with Gasteiger partial charge in [0.05, 0.1) is 5.69 Å². The van der Waals surface area contributed by atoms with E-state index >= 15 is 0 Å². The lowest BCUT2D eigenvalue weighted by Crippen LogP contribution is -2.00. The van der Waals surface area contributed by atoms with E-state index in [2.05, 4.69) is 36.0 Å². The number of aryl methyl sites for hydroxylation is 1. The fraction of sp³-hybridized carbons (Fsp3) is 0.308. The largest absolute Gasteiger partial charge is 0.279 e. The van der Waals surface area contributed by atoms with Crippen LogP contribution in [-0.2, 0) is 12.8 Å². The van der Waals surface area contributed by atoms with E-state index in [9.17, 15) is 0 Å². The molecule has 2 aromatic rings. The second kappa shape index (κ2) is 4.78. The highest BCUT2D eigenvalue weighted by Gasteiger charge is 2.10. The number of nitrogens with zero attached hydrogens (tertiary/aromatic N) is 2. The molecule has 0 N–H and O–H groups in total. The Labute approximate surface area is 111 Å². The molecule has 0 saturated heterocycles. The normalized spacial score (nSPS) is 14.6. The first kappa shape index (κ1) is 11.2. The maximum atomic E-state index is 4.33. The number of rotatable bonds is 2. The molecule has 0 aliphatic carbocycles. The number of aromatic nitrogens is 2. The van der Waals surface area contributed by atoms with Crippen molar-refractivity contribution in [2.24, 2.45) is 0 Å². The van der Waals surface area contributed by atoms with Crippen LogP contribution in [0.15, 0.2) is 35.6 Å². The Balaban J connectivity index is 1.87. The molecule has 1 aromatic heterocycles. The molecule has 0 radical (unpaired) electrons. The molecule has 1 aromatic carbocycles. The molecule has 0 saturated carbocycles. The fourth-order valence-corrected chi connectivity index (χ4v) is 3.38. The molecule has 1 aliphatic heterocycles. The smallest absolute Gasteiger partial charge is 0.105 e. The van der Waals surface area contributed by atoms with Gasteiger partial charge in [0.15, 0.2) is 0 Å². The van der Waals surface area contributed by atoms with Crippen LogP contribution >= 0.6 is 24.6 Å². The first-order valence-electron chi connectivity index (χ1n) is 5.78. The Morgan fingerprint density at radius 3 is 3.18 bits per heavy atom. The number of benzene rings is 1. The Kier molecular flexibility index (Phi) is 3.16. The molecule has 2 nitrogen and oxygen atoms in total. The van der Waals surface area contributed by atoms with Gasteiger partial charge in [-0.2, -0.15) is 0 Å². The minimum absolute atomic E-state index is 0.904. The van der Waals surface area contributed by atoms with Crippen molar-refractivity contribution in [1.82, 2.24) is 8.96 Å². The summed E-state index contributed by atoms with van der Waals surface area (Å²) in [6.07, 6.45) is 7.03. The summed E-state index contributed by atoms with van der Waals surface area (Å²) in [5.74, 6) is 1.26. The standard InChI is InChI=1S/C13H14N2S2/c16-15-9-14-8-12(15)7-10-3-4-13-11(6-10)2-1-5-17-13/h3-4,6,8-9,16H,1-2,5,7H2. The second-order valence-electron chi connectivity index (χ2n) is 4.30. The van der Waals surface area contributed by atoms with Gasteiger partial charge < -0.3 is 0 Å². The number of hydrogen-bond acceptors (Lipinski definition) is 3. The van der Waals surface area contributed by atoms with Gasteiger partial charge in [-0.3, -0.25) is 3.97 Å². The molecule has 0 fully saturated rings. The first-order chi connectivity index (χ1) is 8.33. The SMILES string of the molecule is Sn1cncc1Cc1ccc2c(c1)CCCS2. The second-order valence-corrected chi connectivity index (χ2v) is 5.87. The minimum atomic E-state index is 0.904. The third kappa shape index (κ3) is 2.38. The Hall–Kier alpha value is -0.870. The van der Waals surface area contributed by atoms with Crippen molar-refractivity contribution < 1.29 is 0 Å². The summed E-state index contributed by atoms with van der Waals surface area (Å²) in [6.45, 7) is 0. The lowest BCUT2D eigenvalue weighted by molar-refractivity contribution is 0.884. The maximum Gasteiger partial charge on any atom is 0.105 e. The molecule has 0 amide bonds. The summed E-state index contributed by atoms with van der Waals surface area (Å²) >= 11 is 6.30. The van der Waals surface area contributed by atoms with Gasteiger partial charge in [0.2, 0.25) is 0 Å². The summed E-state index contributed by atoms with van der Waals surface area (Å²) in [5.41, 5.74) is 3.99. The van der Waals surface area contributed by atoms with Crippen LogP contribution in [0.2, 0.25) is 0 Å². The van der Waals surface area contributed by atoms with Crippen LogP contribution in [0.1, 0.15) is 23.2 Å². The van der Waals surface area contributed by atoms with E-state index in [0.717, 1.165) is 12.1 Å². The number of imidazole rings is 1. The highest BCUT2D eigenvalue weighted by Crippen LogP contribution is 2.30. The minimum Gasteiger partial charge on any atom is -0.279 e. The number of hydrogen-bond donors (Lipinski definition) is 1. The van der Waals surface area contributed by atoms with Crippen molar-refractivity contribution in [3.8, 4) is 0 Å². The van der Waals surface area contributed by atoms with Gasteiger partial charge in [-0.25, -0.2) is 4.98 Å². The van der Waals surface area contributed by atoms with Crippen LogP contribution < -0.4 is 0 Å². The molecule has 3 rings (SSSR count). The van der Waals surface area contributed by atoms with Crippen molar-refractivity contribution in [2.45, 2.75) is 24.2 Å². The third-order valence-corrected chi connectivity index (χ3v) is 4.61. The van der Waals surface area contributed by atoms with Crippen LogP contribution in [0, 0.1) is 0 Å². The highest BCUT2D eigenvalue weighted by atomic mass is 32.2. The molecular weight excluding hydrogens is 248 g/mol. The topological polar surface area (TPSA) is 17.8 Å². The molecule has 0 unspecified atom stereocenters. The zero-order chi connectivity index (χ0) is 11.7. The zero-order valence-electron chi connectivity index (χ0n) is 9.47. The van der Waals surface area contributed by atoms with Gasteiger partial charge in [-0.05, 0) is 35.8 Å². The molecule has 0 bridgehead atoms. The van der Waals surface area contributed by atoms with Crippen molar-refractivity contribution >= 4 is 24.6 Å². The van der Waals surface area contributed by atoms with Gasteiger partial charge in [-0.15, -0.1) is 11.8 Å². The molecule has 17 heavy (non-hydrogen) atoms. The van der Waals surface area contributed by atoms with Gasteiger partial charge in [0, 0.05) is 17.5 Å². The Morgan fingerprint density at radius 2 is 2.35 bits per heavy atom. The van der Waals surface area contributed by atoms with Crippen LogP contribution in [0.5, 0.6) is 0 Å². The lowest BCUT2D eigenvalue weighted by Gasteiger charge is -2.16. The summed E-state index contributed by atoms with van der Waals surface area (Å²) in [6, 6.07) is 6.81. The van der Waals surface area contributed by atoms with Gasteiger partial charge in [0.25, 0.3) is 0 Å². The van der Waals surface area contributed by atoms with E-state index in [0.29, 0.717) is 0 Å². The fourth-order valence-electron chi connectivity index (χ4n) is 2.18. The Bertz CT molecular complexity index is 534. The van der Waals surface area contributed by atoms with Gasteiger partial charge in [0.1, 0.15) is 6.33 Å². The van der Waals surface area contributed by atoms with Crippen LogP contribution in [0.25, 0.3) is 0 Å². The van der Waals surface area contributed by atoms with Crippen LogP contribution in [0.3, 0.4) is 0 Å². The summed E-state index contributed by atoms with van der Waals surface area (Å²) in [7, 11) is 0. The van der Waals surface area contributed by atoms with E-state index in [-0.39, 0.29) is 0 Å². The molecular formula is C13H14N2S2. The third-order valence-electron chi connectivity index (χ3n) is 3.05. The molecule has 4 heteroatoms. The number of thiol groups is 1. The van der Waals surface area contributed by atoms with E-state index in [1.54, 1.807) is 10.3 Å². The molecule has 0 atom stereocenters. The average molecular weight is 262 g/mol. The zero-order valence-corrected chi connectivity index (χ0v) is 11.2. The van der Waals surface area contributed by atoms with E-state index in [1.807, 2.05) is 18.0 Å². The van der Waals surface area contributed by atoms with Crippen molar-refractivity contribution in [2.75, 3.05) is 5.75 Å². The van der Waals surface area contributed by atoms with E-state index < -0.39 is 0 Å².